The first kappa shape index (κ1) is 9.49. The molecule has 0 aliphatic heterocycles. The highest BCUT2D eigenvalue weighted by Crippen LogP contribution is 2.21. The van der Waals surface area contributed by atoms with Gasteiger partial charge in [0.1, 0.15) is 0 Å². The van der Waals surface area contributed by atoms with E-state index in [1.54, 1.807) is 29.2 Å². The van der Waals surface area contributed by atoms with Crippen molar-refractivity contribution in [1.29, 1.82) is 0 Å². The summed E-state index contributed by atoms with van der Waals surface area (Å²) in [7, 11) is 0. The summed E-state index contributed by atoms with van der Waals surface area (Å²) in [5.41, 5.74) is 0.974. The molecule has 0 bridgehead atoms. The largest absolute Gasteiger partial charge is 0.248 e. The summed E-state index contributed by atoms with van der Waals surface area (Å²) in [6, 6.07) is 5.40. The summed E-state index contributed by atoms with van der Waals surface area (Å²) in [5, 5.41) is 8.84. The third-order valence-electron chi connectivity index (χ3n) is 1.82. The molecule has 1 aromatic heterocycles. The zero-order chi connectivity index (χ0) is 9.97. The molecule has 3 nitrogen and oxygen atoms in total. The van der Waals surface area contributed by atoms with E-state index in [0.717, 1.165) is 5.56 Å². The smallest absolute Gasteiger partial charge is 0.0693 e. The molecule has 0 atom stereocenters. The Morgan fingerprint density at radius 1 is 1.29 bits per heavy atom. The van der Waals surface area contributed by atoms with E-state index in [1.807, 2.05) is 6.07 Å². The monoisotopic (exact) mass is 227 g/mol. The van der Waals surface area contributed by atoms with Crippen molar-refractivity contribution in [3.63, 3.8) is 0 Å². The molecule has 2 aromatic rings. The lowest BCUT2D eigenvalue weighted by molar-refractivity contribution is 0.650. The second-order valence-corrected chi connectivity index (χ2v) is 3.68. The van der Waals surface area contributed by atoms with E-state index in [9.17, 15) is 0 Å². The van der Waals surface area contributed by atoms with Gasteiger partial charge in [-0.2, -0.15) is 0 Å². The van der Waals surface area contributed by atoms with Crippen molar-refractivity contribution in [3.8, 4) is 0 Å². The predicted octanol–water partition coefficient (Wildman–Crippen LogP) is 2.63. The molecule has 0 aliphatic rings. The summed E-state index contributed by atoms with van der Waals surface area (Å²) < 4.78 is 1.70. The Morgan fingerprint density at radius 3 is 2.79 bits per heavy atom. The SMILES string of the molecule is Clc1ccc(Cn2ccnn2)c(Cl)c1. The topological polar surface area (TPSA) is 30.7 Å². The molecule has 0 fully saturated rings. The van der Waals surface area contributed by atoms with Crippen LogP contribution in [0.15, 0.2) is 30.6 Å². The predicted molar refractivity (Wildman–Crippen MR) is 55.6 cm³/mol. The van der Waals surface area contributed by atoms with Crippen molar-refractivity contribution in [3.05, 3.63) is 46.2 Å². The van der Waals surface area contributed by atoms with Gasteiger partial charge >= 0.3 is 0 Å². The molecule has 0 unspecified atom stereocenters. The fraction of sp³-hybridized carbons (Fsp3) is 0.111. The lowest BCUT2D eigenvalue weighted by atomic mass is 10.2. The molecule has 72 valence electrons. The van der Waals surface area contributed by atoms with Gasteiger partial charge in [-0.25, -0.2) is 4.68 Å². The average Bonchev–Trinajstić information content (AvgIpc) is 2.62. The first-order valence-electron chi connectivity index (χ1n) is 4.04. The average molecular weight is 228 g/mol. The summed E-state index contributed by atoms with van der Waals surface area (Å²) >= 11 is 11.8. The van der Waals surface area contributed by atoms with Crippen LogP contribution in [0.3, 0.4) is 0 Å². The van der Waals surface area contributed by atoms with Crippen LogP contribution in [0.5, 0.6) is 0 Å². The zero-order valence-corrected chi connectivity index (χ0v) is 8.70. The van der Waals surface area contributed by atoms with Gasteiger partial charge in [0.15, 0.2) is 0 Å². The molecular weight excluding hydrogens is 221 g/mol. The molecule has 0 amide bonds. The highest BCUT2D eigenvalue weighted by molar-refractivity contribution is 6.35. The van der Waals surface area contributed by atoms with E-state index in [0.29, 0.717) is 16.6 Å². The van der Waals surface area contributed by atoms with E-state index in [2.05, 4.69) is 10.3 Å². The Morgan fingerprint density at radius 2 is 2.14 bits per heavy atom. The van der Waals surface area contributed by atoms with Crippen molar-refractivity contribution in [2.45, 2.75) is 6.54 Å². The lowest BCUT2D eigenvalue weighted by Gasteiger charge is -2.03. The van der Waals surface area contributed by atoms with E-state index in [-0.39, 0.29) is 0 Å². The third-order valence-corrected chi connectivity index (χ3v) is 2.41. The van der Waals surface area contributed by atoms with Crippen LogP contribution < -0.4 is 0 Å². The second-order valence-electron chi connectivity index (χ2n) is 2.84. The number of aromatic nitrogens is 3. The van der Waals surface area contributed by atoms with Crippen LogP contribution >= 0.6 is 23.2 Å². The Hall–Kier alpha value is -1.06. The molecule has 0 aliphatic carbocycles. The van der Waals surface area contributed by atoms with Crippen LogP contribution in [0, 0.1) is 0 Å². The Balaban J connectivity index is 2.25. The number of rotatable bonds is 2. The first-order valence-corrected chi connectivity index (χ1v) is 4.79. The standard InChI is InChI=1S/C9H7Cl2N3/c10-8-2-1-7(9(11)5-8)6-14-4-3-12-13-14/h1-5H,6H2. The Bertz CT molecular complexity index is 426. The minimum atomic E-state index is 0.607. The Labute approximate surface area is 91.3 Å². The van der Waals surface area contributed by atoms with E-state index in [1.165, 1.54) is 0 Å². The van der Waals surface area contributed by atoms with Crippen molar-refractivity contribution >= 4 is 23.2 Å². The summed E-state index contributed by atoms with van der Waals surface area (Å²) in [4.78, 5) is 0. The van der Waals surface area contributed by atoms with E-state index < -0.39 is 0 Å². The van der Waals surface area contributed by atoms with Crippen molar-refractivity contribution < 1.29 is 0 Å². The van der Waals surface area contributed by atoms with Crippen LogP contribution in [-0.2, 0) is 6.54 Å². The van der Waals surface area contributed by atoms with Crippen molar-refractivity contribution in [2.24, 2.45) is 0 Å². The van der Waals surface area contributed by atoms with Crippen LogP contribution in [0.4, 0.5) is 0 Å². The number of hydrogen-bond acceptors (Lipinski definition) is 2. The highest BCUT2D eigenvalue weighted by atomic mass is 35.5. The van der Waals surface area contributed by atoms with Crippen molar-refractivity contribution in [1.82, 2.24) is 15.0 Å². The van der Waals surface area contributed by atoms with Gasteiger partial charge in [0.05, 0.1) is 12.7 Å². The van der Waals surface area contributed by atoms with Crippen LogP contribution in [0.1, 0.15) is 5.56 Å². The van der Waals surface area contributed by atoms with Gasteiger partial charge in [-0.05, 0) is 17.7 Å². The highest BCUT2D eigenvalue weighted by Gasteiger charge is 2.02. The minimum Gasteiger partial charge on any atom is -0.248 e. The quantitative estimate of drug-likeness (QED) is 0.790. The van der Waals surface area contributed by atoms with Gasteiger partial charge in [-0.3, -0.25) is 0 Å². The molecule has 2 rings (SSSR count). The molecular formula is C9H7Cl2N3. The lowest BCUT2D eigenvalue weighted by Crippen LogP contribution is -2.00. The number of benzene rings is 1. The molecule has 5 heteroatoms. The molecule has 0 saturated carbocycles. The van der Waals surface area contributed by atoms with E-state index >= 15 is 0 Å². The minimum absolute atomic E-state index is 0.607. The van der Waals surface area contributed by atoms with Crippen molar-refractivity contribution in [2.75, 3.05) is 0 Å². The normalized spacial score (nSPS) is 10.4. The van der Waals surface area contributed by atoms with Gasteiger partial charge in [0, 0.05) is 16.2 Å². The van der Waals surface area contributed by atoms with Gasteiger partial charge in [-0.1, -0.05) is 34.5 Å². The maximum Gasteiger partial charge on any atom is 0.0693 e. The molecule has 1 heterocycles. The molecule has 1 aromatic carbocycles. The molecule has 0 spiro atoms. The molecule has 0 radical (unpaired) electrons. The van der Waals surface area contributed by atoms with Crippen LogP contribution in [0.2, 0.25) is 10.0 Å². The van der Waals surface area contributed by atoms with Crippen LogP contribution in [0.25, 0.3) is 0 Å². The third kappa shape index (κ3) is 2.05. The number of hydrogen-bond donors (Lipinski definition) is 0. The molecule has 0 N–H and O–H groups in total. The maximum absolute atomic E-state index is 6.00. The second kappa shape index (κ2) is 3.98. The fourth-order valence-electron chi connectivity index (χ4n) is 1.14. The maximum atomic E-state index is 6.00. The van der Waals surface area contributed by atoms with Gasteiger partial charge in [-0.15, -0.1) is 5.10 Å². The summed E-state index contributed by atoms with van der Waals surface area (Å²) in [6.45, 7) is 0.607. The zero-order valence-electron chi connectivity index (χ0n) is 7.19. The summed E-state index contributed by atoms with van der Waals surface area (Å²) in [5.74, 6) is 0. The van der Waals surface area contributed by atoms with E-state index in [4.69, 9.17) is 23.2 Å². The fourth-order valence-corrected chi connectivity index (χ4v) is 1.61. The van der Waals surface area contributed by atoms with Crippen LogP contribution in [-0.4, -0.2) is 15.0 Å². The molecule has 0 saturated heterocycles. The van der Waals surface area contributed by atoms with Gasteiger partial charge in [0.25, 0.3) is 0 Å². The first-order chi connectivity index (χ1) is 6.75. The summed E-state index contributed by atoms with van der Waals surface area (Å²) in [6.07, 6.45) is 3.41. The number of halogens is 2. The van der Waals surface area contributed by atoms with Gasteiger partial charge in [0.2, 0.25) is 0 Å². The molecule has 14 heavy (non-hydrogen) atoms. The Kier molecular flexibility index (Phi) is 2.70. The van der Waals surface area contributed by atoms with Gasteiger partial charge < -0.3 is 0 Å². The number of nitrogens with zero attached hydrogens (tertiary/aromatic N) is 3.